The summed E-state index contributed by atoms with van der Waals surface area (Å²) in [4.78, 5) is 40.4. The third-order valence-corrected chi connectivity index (χ3v) is 6.38. The van der Waals surface area contributed by atoms with Gasteiger partial charge in [0.25, 0.3) is 0 Å². The van der Waals surface area contributed by atoms with Gasteiger partial charge in [-0.3, -0.25) is 4.79 Å². The fraction of sp³-hybridized carbons (Fsp3) is 0.308. The highest BCUT2D eigenvalue weighted by Crippen LogP contribution is 2.44. The minimum Gasteiger partial charge on any atom is -0.476 e. The van der Waals surface area contributed by atoms with E-state index in [0.717, 1.165) is 28.6 Å². The van der Waals surface area contributed by atoms with Gasteiger partial charge in [-0.2, -0.15) is 0 Å². The molecule has 3 N–H and O–H groups in total. The minimum absolute atomic E-state index is 0.0230. The van der Waals surface area contributed by atoms with Gasteiger partial charge in [-0.1, -0.05) is 68.8 Å². The van der Waals surface area contributed by atoms with Crippen molar-refractivity contribution in [3.05, 3.63) is 77.5 Å². The predicted octanol–water partition coefficient (Wildman–Crippen LogP) is 3.94. The molecule has 9 nitrogen and oxygen atoms in total. The molecule has 2 amide bonds. The van der Waals surface area contributed by atoms with Crippen LogP contribution in [-0.2, 0) is 16.1 Å². The number of fused-ring (bicyclic) bond motifs is 3. The molecule has 1 heterocycles. The Labute approximate surface area is 202 Å². The number of aromatic nitrogens is 1. The summed E-state index contributed by atoms with van der Waals surface area (Å²) in [6.07, 6.45) is 0.939. The van der Waals surface area contributed by atoms with Crippen LogP contribution in [0.2, 0.25) is 0 Å². The molecule has 182 valence electrons. The largest absolute Gasteiger partial charge is 0.476 e. The van der Waals surface area contributed by atoms with Crippen LogP contribution in [0.1, 0.15) is 53.6 Å². The highest BCUT2D eigenvalue weighted by molar-refractivity contribution is 5.88. The Morgan fingerprint density at radius 1 is 1.09 bits per heavy atom. The Bertz CT molecular complexity index is 1190. The van der Waals surface area contributed by atoms with E-state index >= 15 is 0 Å². The van der Waals surface area contributed by atoms with Crippen molar-refractivity contribution in [3.8, 4) is 11.1 Å². The lowest BCUT2D eigenvalue weighted by Crippen LogP contribution is -2.50. The molecule has 4 rings (SSSR count). The molecule has 2 aromatic carbocycles. The third-order valence-electron chi connectivity index (χ3n) is 6.38. The number of alkyl carbamates (subject to hydrolysis) is 1. The fourth-order valence-corrected chi connectivity index (χ4v) is 4.32. The molecule has 35 heavy (non-hydrogen) atoms. The van der Waals surface area contributed by atoms with E-state index in [1.807, 2.05) is 50.2 Å². The van der Waals surface area contributed by atoms with Crippen LogP contribution in [0.3, 0.4) is 0 Å². The van der Waals surface area contributed by atoms with Gasteiger partial charge < -0.3 is 24.9 Å². The molecule has 9 heteroatoms. The fourth-order valence-electron chi connectivity index (χ4n) is 4.32. The number of nitrogens with zero attached hydrogens (tertiary/aromatic N) is 1. The number of carboxylic acids is 1. The molecule has 0 saturated heterocycles. The standard InChI is InChI=1S/C26H27N3O6/c1-3-15(2)22(24(30)27-12-21-23(25(31)32)28-14-35-21)29-26(33)34-13-20-18-10-6-4-8-16(18)17-9-5-7-11-19(17)20/h4-11,14-15,20,22H,3,12-13H2,1-2H3,(H,27,30)(H,29,33)(H,31,32)/t15-,22-/m0/s1. The SMILES string of the molecule is CC[C@H](C)[C@H](NC(=O)OCC1c2ccccc2-c2ccccc21)C(=O)NCc1ocnc1C(=O)O. The van der Waals surface area contributed by atoms with Crippen molar-refractivity contribution in [2.45, 2.75) is 38.8 Å². The zero-order chi connectivity index (χ0) is 24.9. The van der Waals surface area contributed by atoms with Gasteiger partial charge in [0.15, 0.2) is 17.8 Å². The van der Waals surface area contributed by atoms with Crippen LogP contribution in [0.5, 0.6) is 0 Å². The quantitative estimate of drug-likeness (QED) is 0.425. The molecule has 1 aromatic heterocycles. The molecule has 1 aliphatic carbocycles. The number of rotatable bonds is 9. The Morgan fingerprint density at radius 3 is 2.31 bits per heavy atom. The summed E-state index contributed by atoms with van der Waals surface area (Å²) in [5.74, 6) is -1.98. The van der Waals surface area contributed by atoms with Gasteiger partial charge in [0.1, 0.15) is 12.6 Å². The number of ether oxygens (including phenoxy) is 1. The third kappa shape index (κ3) is 5.03. The van der Waals surface area contributed by atoms with Gasteiger partial charge in [-0.05, 0) is 28.2 Å². The molecule has 0 fully saturated rings. The smallest absolute Gasteiger partial charge is 0.407 e. The summed E-state index contributed by atoms with van der Waals surface area (Å²) >= 11 is 0. The second-order valence-corrected chi connectivity index (χ2v) is 8.48. The van der Waals surface area contributed by atoms with Gasteiger partial charge >= 0.3 is 12.1 Å². The van der Waals surface area contributed by atoms with Crippen LogP contribution < -0.4 is 10.6 Å². The zero-order valence-corrected chi connectivity index (χ0v) is 19.5. The van der Waals surface area contributed by atoms with Gasteiger partial charge in [-0.15, -0.1) is 0 Å². The van der Waals surface area contributed by atoms with Gasteiger partial charge in [-0.25, -0.2) is 14.6 Å². The van der Waals surface area contributed by atoms with Crippen molar-refractivity contribution in [1.82, 2.24) is 15.6 Å². The minimum atomic E-state index is -1.25. The van der Waals surface area contributed by atoms with E-state index in [0.29, 0.717) is 6.42 Å². The summed E-state index contributed by atoms with van der Waals surface area (Å²) in [6.45, 7) is 3.71. The van der Waals surface area contributed by atoms with Crippen molar-refractivity contribution in [3.63, 3.8) is 0 Å². The normalized spacial score (nSPS) is 13.9. The summed E-state index contributed by atoms with van der Waals surface area (Å²) in [5.41, 5.74) is 4.18. The van der Waals surface area contributed by atoms with Gasteiger partial charge in [0.05, 0.1) is 6.54 Å². The van der Waals surface area contributed by atoms with Crippen molar-refractivity contribution in [2.24, 2.45) is 5.92 Å². The van der Waals surface area contributed by atoms with Crippen LogP contribution in [-0.4, -0.2) is 40.7 Å². The number of hydrogen-bond acceptors (Lipinski definition) is 6. The molecule has 0 radical (unpaired) electrons. The first kappa shape index (κ1) is 24.0. The number of aromatic carboxylic acids is 1. The van der Waals surface area contributed by atoms with E-state index in [4.69, 9.17) is 14.3 Å². The molecule has 0 spiro atoms. The topological polar surface area (TPSA) is 131 Å². The molecular formula is C26H27N3O6. The van der Waals surface area contributed by atoms with Crippen LogP contribution in [0, 0.1) is 5.92 Å². The van der Waals surface area contributed by atoms with Crippen molar-refractivity contribution < 1.29 is 28.6 Å². The molecule has 0 unspecified atom stereocenters. The lowest BCUT2D eigenvalue weighted by molar-refractivity contribution is -0.124. The lowest BCUT2D eigenvalue weighted by Gasteiger charge is -2.23. The molecular weight excluding hydrogens is 450 g/mol. The summed E-state index contributed by atoms with van der Waals surface area (Å²) in [7, 11) is 0. The molecule has 3 aromatic rings. The molecule has 1 aliphatic rings. The summed E-state index contributed by atoms with van der Waals surface area (Å²) in [6, 6.07) is 15.2. The Morgan fingerprint density at radius 2 is 1.71 bits per heavy atom. The summed E-state index contributed by atoms with van der Waals surface area (Å²) in [5, 5.41) is 14.4. The number of benzene rings is 2. The maximum absolute atomic E-state index is 12.9. The van der Waals surface area contributed by atoms with Crippen molar-refractivity contribution >= 4 is 18.0 Å². The Kier molecular flexibility index (Phi) is 7.14. The maximum atomic E-state index is 12.9. The van der Waals surface area contributed by atoms with E-state index in [-0.39, 0.29) is 36.4 Å². The van der Waals surface area contributed by atoms with E-state index in [1.165, 1.54) is 0 Å². The van der Waals surface area contributed by atoms with Crippen LogP contribution in [0.15, 0.2) is 59.3 Å². The monoisotopic (exact) mass is 477 g/mol. The van der Waals surface area contributed by atoms with Gasteiger partial charge in [0.2, 0.25) is 5.91 Å². The summed E-state index contributed by atoms with van der Waals surface area (Å²) < 4.78 is 10.6. The highest BCUT2D eigenvalue weighted by atomic mass is 16.5. The lowest BCUT2D eigenvalue weighted by atomic mass is 9.98. The first-order valence-corrected chi connectivity index (χ1v) is 11.5. The van der Waals surface area contributed by atoms with Crippen molar-refractivity contribution in [2.75, 3.05) is 6.61 Å². The first-order chi connectivity index (χ1) is 16.9. The number of nitrogens with one attached hydrogen (secondary N) is 2. The average molecular weight is 478 g/mol. The molecule has 0 bridgehead atoms. The maximum Gasteiger partial charge on any atom is 0.407 e. The van der Waals surface area contributed by atoms with E-state index in [2.05, 4.69) is 27.8 Å². The molecule has 0 aliphatic heterocycles. The number of carboxylic acid groups (broad SMARTS) is 1. The van der Waals surface area contributed by atoms with Crippen LogP contribution in [0.25, 0.3) is 11.1 Å². The van der Waals surface area contributed by atoms with E-state index in [1.54, 1.807) is 0 Å². The first-order valence-electron chi connectivity index (χ1n) is 11.5. The second-order valence-electron chi connectivity index (χ2n) is 8.48. The van der Waals surface area contributed by atoms with Crippen molar-refractivity contribution in [1.29, 1.82) is 0 Å². The van der Waals surface area contributed by atoms with Crippen LogP contribution in [0.4, 0.5) is 4.79 Å². The number of carbonyl (C=O) groups is 3. The number of hydrogen-bond donors (Lipinski definition) is 3. The Hall–Kier alpha value is -4.14. The van der Waals surface area contributed by atoms with E-state index < -0.39 is 24.0 Å². The molecule has 2 atom stereocenters. The highest BCUT2D eigenvalue weighted by Gasteiger charge is 2.31. The predicted molar refractivity (Wildman–Crippen MR) is 127 cm³/mol. The number of carbonyl (C=O) groups excluding carboxylic acids is 2. The van der Waals surface area contributed by atoms with E-state index in [9.17, 15) is 14.4 Å². The average Bonchev–Trinajstić information content (AvgIpc) is 3.47. The zero-order valence-electron chi connectivity index (χ0n) is 19.5. The second kappa shape index (κ2) is 10.4. The van der Waals surface area contributed by atoms with Crippen LogP contribution >= 0.6 is 0 Å². The van der Waals surface area contributed by atoms with Gasteiger partial charge in [0, 0.05) is 5.92 Å². The molecule has 0 saturated carbocycles. The number of oxazole rings is 1. The Balaban J connectivity index is 1.40. The number of amides is 2.